The van der Waals surface area contributed by atoms with Gasteiger partial charge in [-0.25, -0.2) is 0 Å². The number of aromatic nitrogens is 1. The van der Waals surface area contributed by atoms with Crippen LogP contribution in [0.25, 0.3) is 0 Å². The Labute approximate surface area is 198 Å². The fourth-order valence-corrected chi connectivity index (χ4v) is 4.96. The van der Waals surface area contributed by atoms with Crippen LogP contribution in [-0.4, -0.2) is 40.9 Å². The van der Waals surface area contributed by atoms with Crippen LogP contribution in [0.15, 0.2) is 73.1 Å². The van der Waals surface area contributed by atoms with Crippen LogP contribution in [0.2, 0.25) is 0 Å². The van der Waals surface area contributed by atoms with Crippen LogP contribution >= 0.6 is 0 Å². The van der Waals surface area contributed by atoms with E-state index in [0.717, 1.165) is 29.7 Å². The second-order valence-corrected chi connectivity index (χ2v) is 8.81. The van der Waals surface area contributed by atoms with Crippen molar-refractivity contribution < 1.29 is 14.3 Å². The molecule has 3 atom stereocenters. The molecule has 0 bridgehead atoms. The number of likely N-dealkylation sites (tertiary alicyclic amines) is 1. The van der Waals surface area contributed by atoms with Gasteiger partial charge in [-0.1, -0.05) is 30.3 Å². The number of carbonyl (C=O) groups excluding carboxylic acids is 2. The van der Waals surface area contributed by atoms with Crippen molar-refractivity contribution in [1.29, 1.82) is 0 Å². The molecule has 7 heteroatoms. The maximum atomic E-state index is 13.6. The standard InChI is InChI=1S/C27H28N4O3/c28-25(18-7-9-19(10-8-18)26(32)30-20-11-14-29-15-12-20)23-5-3-16-31(23)27(33)22-13-17-34-24-6-2-1-4-21(22)24/h1-2,4,6-12,14-15,22-23,25H,3,5,13,16-17,28H2,(H,29,30,32). The first kappa shape index (κ1) is 22.1. The molecule has 2 aromatic carbocycles. The molecule has 1 saturated heterocycles. The summed E-state index contributed by atoms with van der Waals surface area (Å²) in [5.74, 6) is 0.536. The van der Waals surface area contributed by atoms with Gasteiger partial charge in [0.15, 0.2) is 0 Å². The Balaban J connectivity index is 1.29. The Hall–Kier alpha value is -3.71. The third-order valence-electron chi connectivity index (χ3n) is 6.75. The third-order valence-corrected chi connectivity index (χ3v) is 6.75. The molecular weight excluding hydrogens is 428 g/mol. The largest absolute Gasteiger partial charge is 0.493 e. The van der Waals surface area contributed by atoms with Gasteiger partial charge in [-0.2, -0.15) is 0 Å². The Morgan fingerprint density at radius 2 is 1.79 bits per heavy atom. The molecule has 3 heterocycles. The van der Waals surface area contributed by atoms with Crippen LogP contribution in [-0.2, 0) is 4.79 Å². The zero-order chi connectivity index (χ0) is 23.5. The highest BCUT2D eigenvalue weighted by atomic mass is 16.5. The highest BCUT2D eigenvalue weighted by Crippen LogP contribution is 2.37. The molecule has 2 amide bonds. The lowest BCUT2D eigenvalue weighted by atomic mass is 9.90. The highest BCUT2D eigenvalue weighted by Gasteiger charge is 2.38. The van der Waals surface area contributed by atoms with Gasteiger partial charge < -0.3 is 20.7 Å². The van der Waals surface area contributed by atoms with Crippen molar-refractivity contribution in [3.8, 4) is 5.75 Å². The number of fused-ring (bicyclic) bond motifs is 1. The number of ether oxygens (including phenoxy) is 1. The number of nitrogens with one attached hydrogen (secondary N) is 1. The highest BCUT2D eigenvalue weighted by molar-refractivity contribution is 6.04. The average Bonchev–Trinajstić information content (AvgIpc) is 3.38. The Morgan fingerprint density at radius 3 is 2.59 bits per heavy atom. The van der Waals surface area contributed by atoms with Crippen LogP contribution in [0.1, 0.15) is 52.7 Å². The van der Waals surface area contributed by atoms with E-state index < -0.39 is 0 Å². The number of nitrogens with zero attached hydrogens (tertiary/aromatic N) is 2. The van der Waals surface area contributed by atoms with Crippen molar-refractivity contribution in [2.45, 2.75) is 37.3 Å². The summed E-state index contributed by atoms with van der Waals surface area (Å²) < 4.78 is 5.75. The number of para-hydroxylation sites is 1. The van der Waals surface area contributed by atoms with Gasteiger partial charge in [-0.15, -0.1) is 0 Å². The molecule has 0 radical (unpaired) electrons. The molecule has 0 aliphatic carbocycles. The van der Waals surface area contributed by atoms with Gasteiger partial charge in [0.1, 0.15) is 5.75 Å². The molecule has 34 heavy (non-hydrogen) atoms. The predicted molar refractivity (Wildman–Crippen MR) is 130 cm³/mol. The molecule has 5 rings (SSSR count). The molecular formula is C27H28N4O3. The Morgan fingerprint density at radius 1 is 1.03 bits per heavy atom. The van der Waals surface area contributed by atoms with E-state index in [-0.39, 0.29) is 29.8 Å². The van der Waals surface area contributed by atoms with E-state index in [4.69, 9.17) is 10.5 Å². The van der Waals surface area contributed by atoms with Gasteiger partial charge in [0.2, 0.25) is 5.91 Å². The second-order valence-electron chi connectivity index (χ2n) is 8.81. The maximum Gasteiger partial charge on any atom is 0.255 e. The summed E-state index contributed by atoms with van der Waals surface area (Å²) in [6.45, 7) is 1.25. The molecule has 0 saturated carbocycles. The summed E-state index contributed by atoms with van der Waals surface area (Å²) in [6.07, 6.45) is 5.73. The monoisotopic (exact) mass is 456 g/mol. The van der Waals surface area contributed by atoms with E-state index in [1.807, 2.05) is 41.3 Å². The number of pyridine rings is 1. The molecule has 7 nitrogen and oxygen atoms in total. The van der Waals surface area contributed by atoms with Crippen molar-refractivity contribution in [2.24, 2.45) is 5.73 Å². The minimum Gasteiger partial charge on any atom is -0.493 e. The molecule has 1 aromatic heterocycles. The number of rotatable bonds is 5. The summed E-state index contributed by atoms with van der Waals surface area (Å²) in [5.41, 5.74) is 9.79. The van der Waals surface area contributed by atoms with Crippen LogP contribution in [0.3, 0.4) is 0 Å². The van der Waals surface area contributed by atoms with Crippen LogP contribution in [0.5, 0.6) is 5.75 Å². The molecule has 2 aliphatic rings. The quantitative estimate of drug-likeness (QED) is 0.607. The first-order valence-electron chi connectivity index (χ1n) is 11.7. The van der Waals surface area contributed by atoms with Crippen molar-refractivity contribution in [3.05, 3.63) is 89.7 Å². The van der Waals surface area contributed by atoms with Crippen LogP contribution in [0.4, 0.5) is 5.69 Å². The number of anilines is 1. The number of hydrogen-bond acceptors (Lipinski definition) is 5. The molecule has 2 aliphatic heterocycles. The lowest BCUT2D eigenvalue weighted by Crippen LogP contribution is -2.44. The molecule has 1 fully saturated rings. The number of hydrogen-bond donors (Lipinski definition) is 2. The molecule has 3 unspecified atom stereocenters. The lowest BCUT2D eigenvalue weighted by molar-refractivity contribution is -0.134. The second kappa shape index (κ2) is 9.65. The fourth-order valence-electron chi connectivity index (χ4n) is 4.96. The first-order chi connectivity index (χ1) is 16.6. The lowest BCUT2D eigenvalue weighted by Gasteiger charge is -2.34. The Kier molecular flexibility index (Phi) is 6.27. The summed E-state index contributed by atoms with van der Waals surface area (Å²) in [6, 6.07) is 18.2. The summed E-state index contributed by atoms with van der Waals surface area (Å²) in [4.78, 5) is 32.0. The number of benzene rings is 2. The van der Waals surface area contributed by atoms with Crippen molar-refractivity contribution in [2.75, 3.05) is 18.5 Å². The zero-order valence-electron chi connectivity index (χ0n) is 18.9. The van der Waals surface area contributed by atoms with Gasteiger partial charge >= 0.3 is 0 Å². The van der Waals surface area contributed by atoms with Crippen molar-refractivity contribution in [3.63, 3.8) is 0 Å². The number of amides is 2. The van der Waals surface area contributed by atoms with Crippen LogP contribution < -0.4 is 15.8 Å². The smallest absolute Gasteiger partial charge is 0.255 e. The minimum absolute atomic E-state index is 0.0704. The third kappa shape index (κ3) is 4.39. The minimum atomic E-state index is -0.321. The van der Waals surface area contributed by atoms with E-state index in [1.165, 1.54) is 0 Å². The zero-order valence-corrected chi connectivity index (χ0v) is 18.9. The topological polar surface area (TPSA) is 97.5 Å². The first-order valence-corrected chi connectivity index (χ1v) is 11.7. The average molecular weight is 457 g/mol. The molecule has 3 N–H and O–H groups in total. The Bertz CT molecular complexity index is 1170. The van der Waals surface area contributed by atoms with Gasteiger partial charge in [0.25, 0.3) is 5.91 Å². The fraction of sp³-hybridized carbons (Fsp3) is 0.296. The molecule has 0 spiro atoms. The van der Waals surface area contributed by atoms with Gasteiger partial charge in [0.05, 0.1) is 24.6 Å². The van der Waals surface area contributed by atoms with Gasteiger partial charge in [-0.3, -0.25) is 14.6 Å². The van der Waals surface area contributed by atoms with Crippen molar-refractivity contribution >= 4 is 17.5 Å². The van der Waals surface area contributed by atoms with E-state index in [1.54, 1.807) is 36.7 Å². The van der Waals surface area contributed by atoms with Gasteiger partial charge in [0, 0.05) is 35.8 Å². The van der Waals surface area contributed by atoms with Gasteiger partial charge in [-0.05, 0) is 55.2 Å². The summed E-state index contributed by atoms with van der Waals surface area (Å²) in [7, 11) is 0. The molecule has 3 aromatic rings. The molecule has 174 valence electrons. The van der Waals surface area contributed by atoms with E-state index >= 15 is 0 Å². The van der Waals surface area contributed by atoms with E-state index in [2.05, 4.69) is 10.3 Å². The van der Waals surface area contributed by atoms with E-state index in [0.29, 0.717) is 30.8 Å². The van der Waals surface area contributed by atoms with E-state index in [9.17, 15) is 9.59 Å². The summed E-state index contributed by atoms with van der Waals surface area (Å²) in [5, 5.41) is 2.86. The SMILES string of the molecule is NC(c1ccc(C(=O)Nc2ccncc2)cc1)C1CCCN1C(=O)C1CCOc2ccccc21. The maximum absolute atomic E-state index is 13.6. The predicted octanol–water partition coefficient (Wildman–Crippen LogP) is 3.89. The number of nitrogens with two attached hydrogens (primary N) is 1. The van der Waals surface area contributed by atoms with Crippen molar-refractivity contribution in [1.82, 2.24) is 9.88 Å². The summed E-state index contributed by atoms with van der Waals surface area (Å²) >= 11 is 0. The normalized spacial score (nSPS) is 20.2. The van der Waals surface area contributed by atoms with Crippen LogP contribution in [0, 0.1) is 0 Å². The number of carbonyl (C=O) groups is 2.